The Labute approximate surface area is 142 Å². The zero-order valence-corrected chi connectivity index (χ0v) is 15.3. The monoisotopic (exact) mass is 318 g/mol. The molecule has 0 radical (unpaired) electrons. The van der Waals surface area contributed by atoms with Gasteiger partial charge in [0.2, 0.25) is 0 Å². The summed E-state index contributed by atoms with van der Waals surface area (Å²) in [5.41, 5.74) is 1.39. The summed E-state index contributed by atoms with van der Waals surface area (Å²) in [4.78, 5) is 5.12. The van der Waals surface area contributed by atoms with Crippen molar-refractivity contribution in [2.24, 2.45) is 0 Å². The van der Waals surface area contributed by atoms with Gasteiger partial charge in [-0.2, -0.15) is 0 Å². The van der Waals surface area contributed by atoms with Crippen LogP contribution in [0.15, 0.2) is 24.3 Å². The van der Waals surface area contributed by atoms with E-state index in [0.29, 0.717) is 6.04 Å². The summed E-state index contributed by atoms with van der Waals surface area (Å²) in [7, 11) is 0. The molecule has 1 aromatic carbocycles. The van der Waals surface area contributed by atoms with Crippen molar-refractivity contribution in [1.82, 2.24) is 9.80 Å². The molecule has 2 rings (SSSR count). The number of hydrogen-bond donors (Lipinski definition) is 0. The molecule has 0 amide bonds. The largest absolute Gasteiger partial charge is 0.494 e. The van der Waals surface area contributed by atoms with Crippen LogP contribution in [0.3, 0.4) is 0 Å². The van der Waals surface area contributed by atoms with Gasteiger partial charge in [-0.05, 0) is 38.0 Å². The van der Waals surface area contributed by atoms with Crippen LogP contribution in [0, 0.1) is 0 Å². The third kappa shape index (κ3) is 6.52. The molecule has 0 spiro atoms. The molecule has 3 nitrogen and oxygen atoms in total. The van der Waals surface area contributed by atoms with Crippen LogP contribution < -0.4 is 4.74 Å². The molecule has 1 aliphatic rings. The number of unbranched alkanes of at least 4 members (excludes halogenated alkanes) is 3. The van der Waals surface area contributed by atoms with E-state index in [9.17, 15) is 0 Å². The van der Waals surface area contributed by atoms with Gasteiger partial charge >= 0.3 is 0 Å². The predicted octanol–water partition coefficient (Wildman–Crippen LogP) is 4.17. The van der Waals surface area contributed by atoms with Crippen molar-refractivity contribution in [3.8, 4) is 5.75 Å². The molecule has 0 atom stereocenters. The van der Waals surface area contributed by atoms with E-state index in [1.807, 2.05) is 0 Å². The summed E-state index contributed by atoms with van der Waals surface area (Å²) < 4.78 is 5.82. The van der Waals surface area contributed by atoms with Crippen molar-refractivity contribution in [1.29, 1.82) is 0 Å². The Morgan fingerprint density at radius 1 is 0.957 bits per heavy atom. The van der Waals surface area contributed by atoms with E-state index < -0.39 is 0 Å². The first-order chi connectivity index (χ1) is 11.2. The van der Waals surface area contributed by atoms with E-state index in [1.165, 1.54) is 51.0 Å². The summed E-state index contributed by atoms with van der Waals surface area (Å²) in [6.45, 7) is 13.4. The van der Waals surface area contributed by atoms with Gasteiger partial charge in [0.25, 0.3) is 0 Å². The van der Waals surface area contributed by atoms with Crippen molar-refractivity contribution in [3.63, 3.8) is 0 Å². The summed E-state index contributed by atoms with van der Waals surface area (Å²) in [5.74, 6) is 1.01. The molecule has 130 valence electrons. The Morgan fingerprint density at radius 3 is 2.26 bits per heavy atom. The van der Waals surface area contributed by atoms with E-state index in [4.69, 9.17) is 4.74 Å². The fraction of sp³-hybridized carbons (Fsp3) is 0.700. The zero-order valence-electron chi connectivity index (χ0n) is 15.3. The summed E-state index contributed by atoms with van der Waals surface area (Å²) in [6.07, 6.45) is 5.03. The second-order valence-electron chi connectivity index (χ2n) is 6.96. The van der Waals surface area contributed by atoms with E-state index in [0.717, 1.165) is 25.3 Å². The molecule has 3 heteroatoms. The highest BCUT2D eigenvalue weighted by atomic mass is 16.5. The lowest BCUT2D eigenvalue weighted by atomic mass is 10.1. The molecule has 0 aliphatic carbocycles. The molecule has 0 N–H and O–H groups in total. The van der Waals surface area contributed by atoms with Gasteiger partial charge in [0.1, 0.15) is 5.75 Å². The maximum absolute atomic E-state index is 5.82. The summed E-state index contributed by atoms with van der Waals surface area (Å²) >= 11 is 0. The standard InChI is InChI=1S/C20H34N2O/c1-4-5-6-7-16-23-20-10-8-19(9-11-20)17-21-12-14-22(15-13-21)18(2)3/h8-11,18H,4-7,12-17H2,1-3H3. The van der Waals surface area contributed by atoms with Gasteiger partial charge in [-0.15, -0.1) is 0 Å². The minimum absolute atomic E-state index is 0.672. The number of rotatable bonds is 9. The molecule has 0 unspecified atom stereocenters. The van der Waals surface area contributed by atoms with Gasteiger partial charge in [-0.1, -0.05) is 38.3 Å². The summed E-state index contributed by atoms with van der Waals surface area (Å²) in [5, 5.41) is 0. The first kappa shape index (κ1) is 18.3. The van der Waals surface area contributed by atoms with Crippen LogP contribution in [0.2, 0.25) is 0 Å². The Balaban J connectivity index is 1.69. The first-order valence-electron chi connectivity index (χ1n) is 9.37. The first-order valence-corrected chi connectivity index (χ1v) is 9.37. The molecule has 0 aromatic heterocycles. The highest BCUT2D eigenvalue weighted by Crippen LogP contribution is 2.16. The molecule has 23 heavy (non-hydrogen) atoms. The van der Waals surface area contributed by atoms with Crippen LogP contribution >= 0.6 is 0 Å². The summed E-state index contributed by atoms with van der Waals surface area (Å²) in [6, 6.07) is 9.36. The van der Waals surface area contributed by atoms with Crippen LogP contribution in [0.4, 0.5) is 0 Å². The lowest BCUT2D eigenvalue weighted by molar-refractivity contribution is 0.104. The lowest BCUT2D eigenvalue weighted by Crippen LogP contribution is -2.48. The topological polar surface area (TPSA) is 15.7 Å². The van der Waals surface area contributed by atoms with Crippen LogP contribution in [0.1, 0.15) is 52.0 Å². The maximum atomic E-state index is 5.82. The molecule has 1 aromatic rings. The van der Waals surface area contributed by atoms with Gasteiger partial charge in [0.15, 0.2) is 0 Å². The SMILES string of the molecule is CCCCCCOc1ccc(CN2CCN(C(C)C)CC2)cc1. The van der Waals surface area contributed by atoms with Crippen molar-refractivity contribution in [2.45, 2.75) is 59.0 Å². The third-order valence-corrected chi connectivity index (χ3v) is 4.73. The van der Waals surface area contributed by atoms with Crippen molar-refractivity contribution in [2.75, 3.05) is 32.8 Å². The van der Waals surface area contributed by atoms with Crippen LogP contribution in [-0.4, -0.2) is 48.6 Å². The second-order valence-corrected chi connectivity index (χ2v) is 6.96. The van der Waals surface area contributed by atoms with E-state index in [1.54, 1.807) is 0 Å². The average Bonchev–Trinajstić information content (AvgIpc) is 2.57. The second kappa shape index (κ2) is 9.94. The smallest absolute Gasteiger partial charge is 0.119 e. The normalized spacial score (nSPS) is 16.9. The fourth-order valence-corrected chi connectivity index (χ4v) is 3.11. The molecule has 1 aliphatic heterocycles. The Kier molecular flexibility index (Phi) is 7.90. The van der Waals surface area contributed by atoms with E-state index in [2.05, 4.69) is 54.8 Å². The molecule has 1 heterocycles. The number of piperazine rings is 1. The van der Waals surface area contributed by atoms with Crippen molar-refractivity contribution < 1.29 is 4.74 Å². The van der Waals surface area contributed by atoms with Gasteiger partial charge in [-0.25, -0.2) is 0 Å². The van der Waals surface area contributed by atoms with Gasteiger partial charge < -0.3 is 4.74 Å². The van der Waals surface area contributed by atoms with Gasteiger partial charge in [0.05, 0.1) is 6.61 Å². The van der Waals surface area contributed by atoms with E-state index >= 15 is 0 Å². The molecule has 1 fully saturated rings. The van der Waals surface area contributed by atoms with Crippen molar-refractivity contribution >= 4 is 0 Å². The highest BCUT2D eigenvalue weighted by Gasteiger charge is 2.18. The Bertz CT molecular complexity index is 422. The maximum Gasteiger partial charge on any atom is 0.119 e. The molecule has 0 saturated carbocycles. The molecular formula is C20H34N2O. The number of ether oxygens (including phenoxy) is 1. The third-order valence-electron chi connectivity index (χ3n) is 4.73. The van der Waals surface area contributed by atoms with Crippen LogP contribution in [-0.2, 0) is 6.54 Å². The minimum Gasteiger partial charge on any atom is -0.494 e. The lowest BCUT2D eigenvalue weighted by Gasteiger charge is -2.36. The molecule has 0 bridgehead atoms. The number of nitrogens with zero attached hydrogens (tertiary/aromatic N) is 2. The number of hydrogen-bond acceptors (Lipinski definition) is 3. The minimum atomic E-state index is 0.672. The van der Waals surface area contributed by atoms with Crippen LogP contribution in [0.25, 0.3) is 0 Å². The van der Waals surface area contributed by atoms with Gasteiger partial charge in [0, 0.05) is 38.8 Å². The average molecular weight is 319 g/mol. The Morgan fingerprint density at radius 2 is 1.65 bits per heavy atom. The molecule has 1 saturated heterocycles. The van der Waals surface area contributed by atoms with Gasteiger partial charge in [-0.3, -0.25) is 9.80 Å². The highest BCUT2D eigenvalue weighted by molar-refractivity contribution is 5.27. The van der Waals surface area contributed by atoms with Crippen molar-refractivity contribution in [3.05, 3.63) is 29.8 Å². The number of benzene rings is 1. The molecular weight excluding hydrogens is 284 g/mol. The predicted molar refractivity (Wildman–Crippen MR) is 98.1 cm³/mol. The zero-order chi connectivity index (χ0) is 16.5. The van der Waals surface area contributed by atoms with E-state index in [-0.39, 0.29) is 0 Å². The Hall–Kier alpha value is -1.06. The fourth-order valence-electron chi connectivity index (χ4n) is 3.11. The quantitative estimate of drug-likeness (QED) is 0.636. The van der Waals surface area contributed by atoms with Crippen LogP contribution in [0.5, 0.6) is 5.75 Å².